The lowest BCUT2D eigenvalue weighted by Gasteiger charge is -2.26. The van der Waals surface area contributed by atoms with Crippen molar-refractivity contribution in [3.8, 4) is 22.7 Å². The van der Waals surface area contributed by atoms with Gasteiger partial charge in [0.2, 0.25) is 0 Å². The number of amides is 1. The molecule has 0 bridgehead atoms. The Kier molecular flexibility index (Phi) is 8.08. The van der Waals surface area contributed by atoms with Gasteiger partial charge in [-0.1, -0.05) is 29.6 Å². The van der Waals surface area contributed by atoms with Crippen LogP contribution in [0.5, 0.6) is 5.75 Å². The molecule has 4 rings (SSSR count). The summed E-state index contributed by atoms with van der Waals surface area (Å²) in [6, 6.07) is 12.6. The summed E-state index contributed by atoms with van der Waals surface area (Å²) in [6.07, 6.45) is 3.63. The maximum Gasteiger partial charge on any atom is 0.286 e. The van der Waals surface area contributed by atoms with E-state index in [1.165, 1.54) is 6.42 Å². The molecule has 180 valence electrons. The minimum Gasteiger partial charge on any atom is -0.493 e. The van der Waals surface area contributed by atoms with Gasteiger partial charge >= 0.3 is 0 Å². The first-order valence-electron chi connectivity index (χ1n) is 11.4. The first-order valence-corrected chi connectivity index (χ1v) is 12.1. The van der Waals surface area contributed by atoms with Crippen LogP contribution in [0.15, 0.2) is 42.5 Å². The van der Waals surface area contributed by atoms with E-state index < -0.39 is 6.67 Å². The van der Waals surface area contributed by atoms with Crippen LogP contribution in [0.4, 0.5) is 4.39 Å². The number of halogens is 3. The number of alkyl halides is 1. The van der Waals surface area contributed by atoms with Gasteiger partial charge in [0, 0.05) is 35.7 Å². The number of rotatable bonds is 8. The van der Waals surface area contributed by atoms with Crippen molar-refractivity contribution < 1.29 is 13.9 Å². The van der Waals surface area contributed by atoms with E-state index in [9.17, 15) is 9.18 Å². The second-order valence-corrected chi connectivity index (χ2v) is 9.08. The van der Waals surface area contributed by atoms with E-state index >= 15 is 0 Å². The molecule has 1 N–H and O–H groups in total. The molecule has 34 heavy (non-hydrogen) atoms. The van der Waals surface area contributed by atoms with Gasteiger partial charge in [0.15, 0.2) is 5.69 Å². The Balaban J connectivity index is 1.72. The van der Waals surface area contributed by atoms with Gasteiger partial charge in [-0.3, -0.25) is 14.6 Å². The van der Waals surface area contributed by atoms with Crippen molar-refractivity contribution in [1.82, 2.24) is 20.2 Å². The van der Waals surface area contributed by atoms with E-state index in [1.807, 2.05) is 36.2 Å². The highest BCUT2D eigenvalue weighted by molar-refractivity contribution is 6.35. The SMILES string of the molecule is Cc1c(C(=O)NN2CCCCC2)nn(-c2ccc(Cl)cc2Cl)c1-c1ccc(OCCCF)cc1. The van der Waals surface area contributed by atoms with E-state index in [0.717, 1.165) is 42.8 Å². The lowest BCUT2D eigenvalue weighted by Crippen LogP contribution is -2.45. The van der Waals surface area contributed by atoms with Crippen molar-refractivity contribution >= 4 is 29.1 Å². The molecule has 6 nitrogen and oxygen atoms in total. The number of carbonyl (C=O) groups is 1. The van der Waals surface area contributed by atoms with Crippen LogP contribution < -0.4 is 10.2 Å². The smallest absolute Gasteiger partial charge is 0.286 e. The van der Waals surface area contributed by atoms with Crippen molar-refractivity contribution in [3.05, 3.63) is 63.8 Å². The lowest BCUT2D eigenvalue weighted by atomic mass is 10.1. The number of nitrogens with zero attached hydrogens (tertiary/aromatic N) is 3. The Morgan fingerprint density at radius 3 is 2.53 bits per heavy atom. The number of piperidine rings is 1. The summed E-state index contributed by atoms with van der Waals surface area (Å²) in [5.41, 5.74) is 6.24. The zero-order valence-corrected chi connectivity index (χ0v) is 20.5. The number of hydrogen-bond donors (Lipinski definition) is 1. The van der Waals surface area contributed by atoms with E-state index in [2.05, 4.69) is 10.5 Å². The molecule has 2 heterocycles. The normalized spacial score (nSPS) is 14.2. The Hall–Kier alpha value is -2.61. The molecule has 9 heteroatoms. The van der Waals surface area contributed by atoms with Gasteiger partial charge in [0.1, 0.15) is 5.75 Å². The van der Waals surface area contributed by atoms with Gasteiger partial charge < -0.3 is 4.74 Å². The Bertz CT molecular complexity index is 1140. The van der Waals surface area contributed by atoms with Crippen LogP contribution >= 0.6 is 23.2 Å². The third kappa shape index (κ3) is 5.54. The molecule has 1 aromatic heterocycles. The quantitative estimate of drug-likeness (QED) is 0.380. The van der Waals surface area contributed by atoms with Crippen LogP contribution in [0.1, 0.15) is 41.7 Å². The molecule has 2 aromatic carbocycles. The van der Waals surface area contributed by atoms with Gasteiger partial charge in [0.05, 0.1) is 29.7 Å². The van der Waals surface area contributed by atoms with Crippen LogP contribution in [0.3, 0.4) is 0 Å². The van der Waals surface area contributed by atoms with Crippen molar-refractivity contribution in [2.45, 2.75) is 32.6 Å². The minimum absolute atomic E-state index is 0.254. The average molecular weight is 505 g/mol. The Morgan fingerprint density at radius 2 is 1.85 bits per heavy atom. The summed E-state index contributed by atoms with van der Waals surface area (Å²) >= 11 is 12.6. The molecule has 1 fully saturated rings. The standard InChI is InChI=1S/C25H27Cl2FN4O2/c1-17-23(25(33)30-31-13-3-2-4-14-31)29-32(22-11-8-19(26)16-21(22)27)24(17)18-6-9-20(10-7-18)34-15-5-12-28/h6-11,16H,2-5,12-15H2,1H3,(H,30,33). The monoisotopic (exact) mass is 504 g/mol. The van der Waals surface area contributed by atoms with E-state index in [1.54, 1.807) is 22.9 Å². The minimum atomic E-state index is -0.416. The average Bonchev–Trinajstić information content (AvgIpc) is 3.17. The number of hydrazine groups is 1. The summed E-state index contributed by atoms with van der Waals surface area (Å²) in [6.45, 7) is 3.42. The largest absolute Gasteiger partial charge is 0.493 e. The third-order valence-electron chi connectivity index (χ3n) is 5.77. The van der Waals surface area contributed by atoms with Crippen LogP contribution in [0, 0.1) is 6.92 Å². The summed E-state index contributed by atoms with van der Waals surface area (Å²) in [5, 5.41) is 7.55. The third-order valence-corrected chi connectivity index (χ3v) is 6.30. The van der Waals surface area contributed by atoms with Crippen molar-refractivity contribution in [1.29, 1.82) is 0 Å². The second kappa shape index (κ2) is 11.2. The molecule has 1 amide bonds. The molecule has 0 atom stereocenters. The van der Waals surface area contributed by atoms with Gasteiger partial charge in [-0.25, -0.2) is 9.69 Å². The molecule has 1 aliphatic rings. The number of aromatic nitrogens is 2. The number of nitrogens with one attached hydrogen (secondary N) is 1. The van der Waals surface area contributed by atoms with Gasteiger partial charge in [-0.15, -0.1) is 0 Å². The van der Waals surface area contributed by atoms with Crippen molar-refractivity contribution in [2.24, 2.45) is 0 Å². The Morgan fingerprint density at radius 1 is 1.12 bits per heavy atom. The molecule has 0 aliphatic carbocycles. The van der Waals surface area contributed by atoms with Gasteiger partial charge in [0.25, 0.3) is 5.91 Å². The number of benzene rings is 2. The van der Waals surface area contributed by atoms with Crippen molar-refractivity contribution in [3.63, 3.8) is 0 Å². The fourth-order valence-electron chi connectivity index (χ4n) is 4.03. The highest BCUT2D eigenvalue weighted by atomic mass is 35.5. The van der Waals surface area contributed by atoms with Crippen LogP contribution in [-0.2, 0) is 0 Å². The fourth-order valence-corrected chi connectivity index (χ4v) is 4.52. The maximum absolute atomic E-state index is 13.2. The lowest BCUT2D eigenvalue weighted by molar-refractivity contribution is 0.0743. The Labute approximate surface area is 208 Å². The molecule has 0 spiro atoms. The molecular weight excluding hydrogens is 478 g/mol. The first kappa shape index (κ1) is 24.5. The number of ether oxygens (including phenoxy) is 1. The zero-order chi connectivity index (χ0) is 24.1. The summed E-state index contributed by atoms with van der Waals surface area (Å²) < 4.78 is 19.6. The predicted octanol–water partition coefficient (Wildman–Crippen LogP) is 6.02. The zero-order valence-electron chi connectivity index (χ0n) is 19.0. The first-order chi connectivity index (χ1) is 16.5. The van der Waals surface area contributed by atoms with Crippen molar-refractivity contribution in [2.75, 3.05) is 26.4 Å². The summed E-state index contributed by atoms with van der Waals surface area (Å²) in [7, 11) is 0. The highest BCUT2D eigenvalue weighted by Gasteiger charge is 2.25. The number of carbonyl (C=O) groups excluding carboxylic acids is 1. The van der Waals surface area contributed by atoms with Crippen LogP contribution in [-0.4, -0.2) is 47.1 Å². The van der Waals surface area contributed by atoms with Gasteiger partial charge in [-0.2, -0.15) is 5.10 Å². The molecular formula is C25H27Cl2FN4O2. The molecule has 1 saturated heterocycles. The molecule has 1 aliphatic heterocycles. The summed E-state index contributed by atoms with van der Waals surface area (Å²) in [4.78, 5) is 13.2. The highest BCUT2D eigenvalue weighted by Crippen LogP contribution is 2.33. The topological polar surface area (TPSA) is 59.4 Å². The van der Waals surface area contributed by atoms with Crippen LogP contribution in [0.2, 0.25) is 10.0 Å². The predicted molar refractivity (Wildman–Crippen MR) is 133 cm³/mol. The fraction of sp³-hybridized carbons (Fsp3) is 0.360. The maximum atomic E-state index is 13.2. The molecule has 0 saturated carbocycles. The van der Waals surface area contributed by atoms with E-state index in [0.29, 0.717) is 40.2 Å². The summed E-state index contributed by atoms with van der Waals surface area (Å²) in [5.74, 6) is 0.393. The van der Waals surface area contributed by atoms with E-state index in [4.69, 9.17) is 27.9 Å². The molecule has 0 unspecified atom stereocenters. The van der Waals surface area contributed by atoms with E-state index in [-0.39, 0.29) is 5.91 Å². The van der Waals surface area contributed by atoms with Crippen LogP contribution in [0.25, 0.3) is 16.9 Å². The van der Waals surface area contributed by atoms with Gasteiger partial charge in [-0.05, 0) is 62.2 Å². The molecule has 3 aromatic rings. The number of hydrogen-bond acceptors (Lipinski definition) is 4. The second-order valence-electron chi connectivity index (χ2n) is 8.23. The molecule has 0 radical (unpaired) electrons.